The number of nitrogens with zero attached hydrogens (tertiary/aromatic N) is 1. The molecule has 20 heavy (non-hydrogen) atoms. The Morgan fingerprint density at radius 1 is 1.05 bits per heavy atom. The molecule has 2 nitrogen and oxygen atoms in total. The summed E-state index contributed by atoms with van der Waals surface area (Å²) in [7, 11) is 0. The SMILES string of the molecule is CC.Cc1cccc(C(=O)N2CCc3ccccc32)c1. The van der Waals surface area contributed by atoms with Crippen molar-refractivity contribution < 1.29 is 4.79 Å². The number of hydrogen-bond donors (Lipinski definition) is 0. The van der Waals surface area contributed by atoms with Crippen LogP contribution >= 0.6 is 0 Å². The fourth-order valence-electron chi connectivity index (χ4n) is 2.48. The molecule has 1 amide bonds. The lowest BCUT2D eigenvalue weighted by Crippen LogP contribution is -2.28. The molecule has 2 heteroatoms. The van der Waals surface area contributed by atoms with Crippen molar-refractivity contribution >= 4 is 11.6 Å². The molecule has 3 rings (SSSR count). The van der Waals surface area contributed by atoms with E-state index in [1.54, 1.807) is 0 Å². The number of hydrogen-bond acceptors (Lipinski definition) is 1. The molecule has 1 heterocycles. The molecule has 0 aliphatic carbocycles. The molecular formula is C18H21NO. The number of carbonyl (C=O) groups is 1. The van der Waals surface area contributed by atoms with E-state index in [1.165, 1.54) is 5.56 Å². The molecule has 0 fully saturated rings. The Bertz CT molecular complexity index is 604. The second-order valence-electron chi connectivity index (χ2n) is 4.70. The highest BCUT2D eigenvalue weighted by molar-refractivity contribution is 6.07. The zero-order valence-corrected chi connectivity index (χ0v) is 12.4. The zero-order chi connectivity index (χ0) is 14.5. The van der Waals surface area contributed by atoms with Crippen molar-refractivity contribution in [2.75, 3.05) is 11.4 Å². The second-order valence-corrected chi connectivity index (χ2v) is 4.70. The number of carbonyl (C=O) groups excluding carboxylic acids is 1. The maximum Gasteiger partial charge on any atom is 0.258 e. The molecule has 1 aliphatic rings. The Balaban J connectivity index is 0.000000704. The third-order valence-electron chi connectivity index (χ3n) is 3.40. The minimum Gasteiger partial charge on any atom is -0.308 e. The van der Waals surface area contributed by atoms with Crippen LogP contribution in [0.5, 0.6) is 0 Å². The van der Waals surface area contributed by atoms with E-state index in [4.69, 9.17) is 0 Å². The molecule has 0 saturated carbocycles. The van der Waals surface area contributed by atoms with Gasteiger partial charge in [0.25, 0.3) is 5.91 Å². The highest BCUT2D eigenvalue weighted by Gasteiger charge is 2.24. The van der Waals surface area contributed by atoms with Crippen molar-refractivity contribution in [1.29, 1.82) is 0 Å². The number of benzene rings is 2. The van der Waals surface area contributed by atoms with E-state index >= 15 is 0 Å². The number of amides is 1. The molecule has 0 unspecified atom stereocenters. The van der Waals surface area contributed by atoms with Gasteiger partial charge in [-0.3, -0.25) is 4.79 Å². The van der Waals surface area contributed by atoms with Gasteiger partial charge in [0.05, 0.1) is 0 Å². The first-order valence-corrected chi connectivity index (χ1v) is 7.22. The summed E-state index contributed by atoms with van der Waals surface area (Å²) in [4.78, 5) is 14.4. The normalized spacial score (nSPS) is 12.4. The van der Waals surface area contributed by atoms with Crippen LogP contribution in [0.25, 0.3) is 0 Å². The fraction of sp³-hybridized carbons (Fsp3) is 0.278. The Hall–Kier alpha value is -2.09. The van der Waals surface area contributed by atoms with Gasteiger partial charge in [-0.05, 0) is 37.1 Å². The number of anilines is 1. The Kier molecular flexibility index (Phi) is 4.57. The van der Waals surface area contributed by atoms with Gasteiger partial charge in [0.2, 0.25) is 0 Å². The molecule has 0 atom stereocenters. The van der Waals surface area contributed by atoms with Crippen molar-refractivity contribution in [2.24, 2.45) is 0 Å². The average Bonchev–Trinajstić information content (AvgIpc) is 2.92. The van der Waals surface area contributed by atoms with Crippen LogP contribution in [0.4, 0.5) is 5.69 Å². The van der Waals surface area contributed by atoms with Gasteiger partial charge in [0, 0.05) is 17.8 Å². The highest BCUT2D eigenvalue weighted by Crippen LogP contribution is 2.28. The second kappa shape index (κ2) is 6.38. The van der Waals surface area contributed by atoms with Gasteiger partial charge in [-0.1, -0.05) is 49.7 Å². The number of rotatable bonds is 1. The van der Waals surface area contributed by atoms with Gasteiger partial charge < -0.3 is 4.90 Å². The number of aryl methyl sites for hydroxylation is 1. The van der Waals surface area contributed by atoms with Crippen molar-refractivity contribution in [3.05, 3.63) is 65.2 Å². The van der Waals surface area contributed by atoms with Crippen LogP contribution in [0, 0.1) is 6.92 Å². The van der Waals surface area contributed by atoms with Crippen LogP contribution in [0.1, 0.15) is 35.3 Å². The number of para-hydroxylation sites is 1. The first-order valence-electron chi connectivity index (χ1n) is 7.22. The summed E-state index contributed by atoms with van der Waals surface area (Å²) >= 11 is 0. The molecule has 0 saturated heterocycles. The molecule has 0 N–H and O–H groups in total. The Labute approximate surface area is 121 Å². The van der Waals surface area contributed by atoms with Crippen LogP contribution in [-0.2, 0) is 6.42 Å². The monoisotopic (exact) mass is 267 g/mol. The minimum absolute atomic E-state index is 0.101. The topological polar surface area (TPSA) is 20.3 Å². The van der Waals surface area contributed by atoms with Crippen LogP contribution in [0.3, 0.4) is 0 Å². The van der Waals surface area contributed by atoms with Crippen LogP contribution in [0.2, 0.25) is 0 Å². The van der Waals surface area contributed by atoms with Crippen molar-refractivity contribution in [3.8, 4) is 0 Å². The lowest BCUT2D eigenvalue weighted by Gasteiger charge is -2.17. The standard InChI is InChI=1S/C16H15NO.C2H6/c1-12-5-4-7-14(11-12)16(18)17-10-9-13-6-2-3-8-15(13)17;1-2/h2-8,11H,9-10H2,1H3;1-2H3. The predicted molar refractivity (Wildman–Crippen MR) is 84.3 cm³/mol. The maximum absolute atomic E-state index is 12.5. The minimum atomic E-state index is 0.101. The summed E-state index contributed by atoms with van der Waals surface area (Å²) < 4.78 is 0. The molecule has 1 aliphatic heterocycles. The molecule has 0 aromatic heterocycles. The van der Waals surface area contributed by atoms with E-state index in [0.29, 0.717) is 0 Å². The summed E-state index contributed by atoms with van der Waals surface area (Å²) in [5, 5.41) is 0. The molecule has 0 spiro atoms. The van der Waals surface area contributed by atoms with E-state index in [9.17, 15) is 4.79 Å². The molecular weight excluding hydrogens is 246 g/mol. The van der Waals surface area contributed by atoms with E-state index < -0.39 is 0 Å². The third kappa shape index (κ3) is 2.74. The molecule has 104 valence electrons. The molecule has 0 bridgehead atoms. The van der Waals surface area contributed by atoms with Gasteiger partial charge in [0.15, 0.2) is 0 Å². The summed E-state index contributed by atoms with van der Waals surface area (Å²) in [5.41, 5.74) is 4.21. The summed E-state index contributed by atoms with van der Waals surface area (Å²) in [6.45, 7) is 6.79. The smallest absolute Gasteiger partial charge is 0.258 e. The first-order chi connectivity index (χ1) is 9.75. The van der Waals surface area contributed by atoms with E-state index in [0.717, 1.165) is 29.8 Å². The van der Waals surface area contributed by atoms with E-state index in [2.05, 4.69) is 6.07 Å². The lowest BCUT2D eigenvalue weighted by molar-refractivity contribution is 0.0989. The third-order valence-corrected chi connectivity index (χ3v) is 3.40. The quantitative estimate of drug-likeness (QED) is 0.757. The maximum atomic E-state index is 12.5. The van der Waals surface area contributed by atoms with Crippen LogP contribution < -0.4 is 4.90 Å². The predicted octanol–water partition coefficient (Wildman–Crippen LogP) is 4.22. The van der Waals surface area contributed by atoms with Crippen molar-refractivity contribution in [1.82, 2.24) is 0 Å². The zero-order valence-electron chi connectivity index (χ0n) is 12.4. The van der Waals surface area contributed by atoms with Crippen molar-refractivity contribution in [3.63, 3.8) is 0 Å². The Morgan fingerprint density at radius 2 is 1.80 bits per heavy atom. The number of fused-ring (bicyclic) bond motifs is 1. The largest absolute Gasteiger partial charge is 0.308 e. The first kappa shape index (κ1) is 14.3. The van der Waals surface area contributed by atoms with Crippen LogP contribution in [-0.4, -0.2) is 12.5 Å². The lowest BCUT2D eigenvalue weighted by atomic mass is 10.1. The van der Waals surface area contributed by atoms with Gasteiger partial charge >= 0.3 is 0 Å². The summed E-state index contributed by atoms with van der Waals surface area (Å²) in [6.07, 6.45) is 0.952. The fourth-order valence-corrected chi connectivity index (χ4v) is 2.48. The van der Waals surface area contributed by atoms with Crippen LogP contribution in [0.15, 0.2) is 48.5 Å². The summed E-state index contributed by atoms with van der Waals surface area (Å²) in [6, 6.07) is 15.9. The highest BCUT2D eigenvalue weighted by atomic mass is 16.2. The van der Waals surface area contributed by atoms with Gasteiger partial charge in [0.1, 0.15) is 0 Å². The summed E-state index contributed by atoms with van der Waals surface area (Å²) in [5.74, 6) is 0.101. The van der Waals surface area contributed by atoms with Gasteiger partial charge in [-0.25, -0.2) is 0 Å². The van der Waals surface area contributed by atoms with Gasteiger partial charge in [-0.2, -0.15) is 0 Å². The van der Waals surface area contributed by atoms with E-state index in [-0.39, 0.29) is 5.91 Å². The Morgan fingerprint density at radius 3 is 2.55 bits per heavy atom. The van der Waals surface area contributed by atoms with Gasteiger partial charge in [-0.15, -0.1) is 0 Å². The molecule has 0 radical (unpaired) electrons. The van der Waals surface area contributed by atoms with E-state index in [1.807, 2.05) is 68.1 Å². The molecule has 2 aromatic carbocycles. The average molecular weight is 267 g/mol. The molecule has 2 aromatic rings. The van der Waals surface area contributed by atoms with Crippen molar-refractivity contribution in [2.45, 2.75) is 27.2 Å².